The lowest BCUT2D eigenvalue weighted by Crippen LogP contribution is -2.06. The van der Waals surface area contributed by atoms with Crippen molar-refractivity contribution in [3.05, 3.63) is 0 Å². The fraction of sp³-hybridized carbons (Fsp3) is 1.00. The minimum Gasteiger partial charge on any atom is -0.424 e. The van der Waals surface area contributed by atoms with Gasteiger partial charge in [0, 0.05) is 13.2 Å². The van der Waals surface area contributed by atoms with Crippen molar-refractivity contribution < 1.29 is 23.7 Å². The third-order valence-electron chi connectivity index (χ3n) is 2.31. The van der Waals surface area contributed by atoms with Gasteiger partial charge in [0.1, 0.15) is 12.2 Å². The summed E-state index contributed by atoms with van der Waals surface area (Å²) >= 11 is 0. The number of rotatable bonds is 9. The van der Waals surface area contributed by atoms with Crippen molar-refractivity contribution in [2.24, 2.45) is 0 Å². The zero-order valence-electron chi connectivity index (χ0n) is 10.6. The van der Waals surface area contributed by atoms with Gasteiger partial charge in [-0.3, -0.25) is 0 Å². The Morgan fingerprint density at radius 1 is 1.24 bits per heavy atom. The summed E-state index contributed by atoms with van der Waals surface area (Å²) in [6.45, 7) is 6.43. The third kappa shape index (κ3) is 10.9. The van der Waals surface area contributed by atoms with Crippen molar-refractivity contribution in [3.8, 4) is 0 Å². The van der Waals surface area contributed by atoms with Gasteiger partial charge >= 0.3 is 0 Å². The number of aliphatic hydroxyl groups excluding tert-OH is 1. The maximum Gasteiger partial charge on any atom is 0.161 e. The smallest absolute Gasteiger partial charge is 0.161 e. The van der Waals surface area contributed by atoms with Gasteiger partial charge in [-0.05, 0) is 19.4 Å². The first-order valence-corrected chi connectivity index (χ1v) is 7.94. The standard InChI is InChI=1S/C6H10O3.C5H14O2Si/c1(5-3-8-5)7-2-6-4-9-6;1-2-7-8-5-3-4-6/h5-6H,1-4H2;6H,2-5,8H2,1H3. The highest BCUT2D eigenvalue weighted by atomic mass is 28.2. The molecule has 2 fully saturated rings. The van der Waals surface area contributed by atoms with E-state index in [0.717, 1.165) is 45.5 Å². The normalized spacial score (nSPS) is 25.8. The van der Waals surface area contributed by atoms with E-state index < -0.39 is 0 Å². The van der Waals surface area contributed by atoms with Crippen molar-refractivity contribution in [2.75, 3.05) is 39.6 Å². The summed E-state index contributed by atoms with van der Waals surface area (Å²) in [5, 5.41) is 8.33. The van der Waals surface area contributed by atoms with Gasteiger partial charge in [0.05, 0.1) is 26.4 Å². The molecule has 2 unspecified atom stereocenters. The van der Waals surface area contributed by atoms with Crippen molar-refractivity contribution in [1.29, 1.82) is 0 Å². The van der Waals surface area contributed by atoms with Crippen LogP contribution in [0, 0.1) is 0 Å². The highest BCUT2D eigenvalue weighted by molar-refractivity contribution is 6.26. The molecule has 2 aliphatic heterocycles. The van der Waals surface area contributed by atoms with Gasteiger partial charge in [0.2, 0.25) is 0 Å². The van der Waals surface area contributed by atoms with Crippen LogP contribution in [0.1, 0.15) is 13.3 Å². The van der Waals surface area contributed by atoms with Crippen molar-refractivity contribution >= 4 is 9.76 Å². The van der Waals surface area contributed by atoms with E-state index >= 15 is 0 Å². The summed E-state index contributed by atoms with van der Waals surface area (Å²) in [6, 6.07) is 1.12. The Bertz CT molecular complexity index is 155. The molecule has 5 nitrogen and oxygen atoms in total. The summed E-state index contributed by atoms with van der Waals surface area (Å²) in [5.41, 5.74) is 0. The van der Waals surface area contributed by atoms with E-state index in [2.05, 4.69) is 0 Å². The van der Waals surface area contributed by atoms with E-state index in [1.54, 1.807) is 0 Å². The second-order valence-corrected chi connectivity index (χ2v) is 5.60. The number of ether oxygens (including phenoxy) is 3. The molecule has 17 heavy (non-hydrogen) atoms. The quantitative estimate of drug-likeness (QED) is 0.352. The van der Waals surface area contributed by atoms with Crippen LogP contribution in [0.4, 0.5) is 0 Å². The van der Waals surface area contributed by atoms with Crippen LogP contribution in [0.3, 0.4) is 0 Å². The van der Waals surface area contributed by atoms with Crippen LogP contribution in [0.2, 0.25) is 6.04 Å². The molecule has 0 aromatic heterocycles. The van der Waals surface area contributed by atoms with E-state index in [9.17, 15) is 0 Å². The minimum absolute atomic E-state index is 0.260. The van der Waals surface area contributed by atoms with Crippen LogP contribution in [-0.4, -0.2) is 66.7 Å². The average Bonchev–Trinajstić information content (AvgIpc) is 3.19. The van der Waals surface area contributed by atoms with Crippen LogP contribution in [0.25, 0.3) is 0 Å². The molecule has 0 aromatic carbocycles. The molecule has 2 heterocycles. The molecule has 2 aliphatic rings. The van der Waals surface area contributed by atoms with Gasteiger partial charge in [-0.15, -0.1) is 0 Å². The van der Waals surface area contributed by atoms with Crippen LogP contribution < -0.4 is 0 Å². The van der Waals surface area contributed by atoms with Crippen molar-refractivity contribution in [2.45, 2.75) is 31.6 Å². The Morgan fingerprint density at radius 3 is 2.24 bits per heavy atom. The maximum absolute atomic E-state index is 8.33. The van der Waals surface area contributed by atoms with Gasteiger partial charge < -0.3 is 23.7 Å². The van der Waals surface area contributed by atoms with Crippen LogP contribution in [0.15, 0.2) is 0 Å². The fourth-order valence-electron chi connectivity index (χ4n) is 1.12. The first-order valence-electron chi connectivity index (χ1n) is 6.36. The SMILES string of the molecule is C(OCC1CO1)C1CO1.CCO[SiH2]CCCO. The molecule has 0 aromatic rings. The lowest BCUT2D eigenvalue weighted by Gasteiger charge is -1.95. The molecule has 1 N–H and O–H groups in total. The molecule has 2 saturated heterocycles. The van der Waals surface area contributed by atoms with Crippen molar-refractivity contribution in [1.82, 2.24) is 0 Å². The van der Waals surface area contributed by atoms with E-state index in [1.165, 1.54) is 0 Å². The molecule has 102 valence electrons. The van der Waals surface area contributed by atoms with Gasteiger partial charge in [-0.1, -0.05) is 0 Å². The molecular formula is C11H24O5Si. The predicted octanol–water partition coefficient (Wildman–Crippen LogP) is -0.292. The van der Waals surface area contributed by atoms with Crippen LogP contribution >= 0.6 is 0 Å². The Balaban J connectivity index is 0.000000172. The number of aliphatic hydroxyl groups is 1. The van der Waals surface area contributed by atoms with Crippen LogP contribution in [0.5, 0.6) is 0 Å². The molecule has 0 spiro atoms. The van der Waals surface area contributed by atoms with Gasteiger partial charge in [-0.25, -0.2) is 0 Å². The summed E-state index contributed by atoms with van der Waals surface area (Å²) < 4.78 is 20.3. The molecule has 2 atom stereocenters. The molecule has 0 radical (unpaired) electrons. The summed E-state index contributed by atoms with van der Waals surface area (Å²) in [6.07, 6.45) is 1.71. The number of epoxide rings is 2. The zero-order chi connectivity index (χ0) is 12.3. The first-order chi connectivity index (χ1) is 8.36. The Morgan fingerprint density at radius 2 is 1.82 bits per heavy atom. The monoisotopic (exact) mass is 264 g/mol. The van der Waals surface area contributed by atoms with Gasteiger partial charge in [0.25, 0.3) is 0 Å². The molecule has 0 aliphatic carbocycles. The third-order valence-corrected chi connectivity index (χ3v) is 3.80. The maximum atomic E-state index is 8.33. The van der Waals surface area contributed by atoms with Crippen LogP contribution in [-0.2, 0) is 18.6 Å². The topological polar surface area (TPSA) is 63.8 Å². The zero-order valence-corrected chi connectivity index (χ0v) is 12.0. The second kappa shape index (κ2) is 9.99. The largest absolute Gasteiger partial charge is 0.424 e. The molecule has 0 amide bonds. The summed E-state index contributed by atoms with van der Waals surface area (Å²) in [5.74, 6) is 0. The van der Waals surface area contributed by atoms with E-state index in [1.807, 2.05) is 6.92 Å². The van der Waals surface area contributed by atoms with Gasteiger partial charge in [-0.2, -0.15) is 0 Å². The number of hydrogen-bond acceptors (Lipinski definition) is 5. The Labute approximate surface area is 105 Å². The highest BCUT2D eigenvalue weighted by Gasteiger charge is 2.26. The highest BCUT2D eigenvalue weighted by Crippen LogP contribution is 2.12. The molecule has 6 heteroatoms. The summed E-state index contributed by atoms with van der Waals surface area (Å²) in [7, 11) is -0.260. The molecule has 0 saturated carbocycles. The predicted molar refractivity (Wildman–Crippen MR) is 67.0 cm³/mol. The molecular weight excluding hydrogens is 240 g/mol. The minimum atomic E-state index is -0.260. The Kier molecular flexibility index (Phi) is 8.86. The molecule has 2 rings (SSSR count). The van der Waals surface area contributed by atoms with E-state index in [-0.39, 0.29) is 9.76 Å². The lowest BCUT2D eigenvalue weighted by atomic mass is 10.5. The van der Waals surface area contributed by atoms with E-state index in [0.29, 0.717) is 18.8 Å². The second-order valence-electron chi connectivity index (χ2n) is 4.08. The fourth-order valence-corrected chi connectivity index (χ4v) is 2.04. The van der Waals surface area contributed by atoms with E-state index in [4.69, 9.17) is 23.7 Å². The lowest BCUT2D eigenvalue weighted by molar-refractivity contribution is 0.102. The van der Waals surface area contributed by atoms with Crippen molar-refractivity contribution in [3.63, 3.8) is 0 Å². The molecule has 0 bridgehead atoms. The Hall–Kier alpha value is 0.0169. The average molecular weight is 264 g/mol. The number of hydrogen-bond donors (Lipinski definition) is 1. The summed E-state index contributed by atoms with van der Waals surface area (Å²) in [4.78, 5) is 0. The first kappa shape index (κ1) is 15.1. The van der Waals surface area contributed by atoms with Gasteiger partial charge in [0.15, 0.2) is 9.76 Å².